The molecule has 0 spiro atoms. The molecule has 19 heavy (non-hydrogen) atoms. The van der Waals surface area contributed by atoms with E-state index in [4.69, 9.17) is 0 Å². The van der Waals surface area contributed by atoms with Gasteiger partial charge in [0.2, 0.25) is 0 Å². The van der Waals surface area contributed by atoms with E-state index in [2.05, 4.69) is 37.9 Å². The van der Waals surface area contributed by atoms with Crippen molar-refractivity contribution in [1.29, 1.82) is 0 Å². The Kier molecular flexibility index (Phi) is 3.74. The molecule has 3 nitrogen and oxygen atoms in total. The Bertz CT molecular complexity index is 559. The molecule has 0 radical (unpaired) electrons. The summed E-state index contributed by atoms with van der Waals surface area (Å²) in [7, 11) is -1.46. The summed E-state index contributed by atoms with van der Waals surface area (Å²) in [5.41, 5.74) is 3.54. The van der Waals surface area contributed by atoms with E-state index in [9.17, 15) is 10.0 Å². The monoisotopic (exact) mass is 255 g/mol. The van der Waals surface area contributed by atoms with Crippen LogP contribution in [0.4, 0.5) is 0 Å². The van der Waals surface area contributed by atoms with Crippen LogP contribution in [-0.4, -0.2) is 22.2 Å². The third-order valence-electron chi connectivity index (χ3n) is 3.13. The first-order valence-corrected chi connectivity index (χ1v) is 6.31. The van der Waals surface area contributed by atoms with E-state index in [1.807, 2.05) is 12.1 Å². The minimum absolute atomic E-state index is 0.120. The topological polar surface area (TPSA) is 53.4 Å². The molecule has 0 bridgehead atoms. The summed E-state index contributed by atoms with van der Waals surface area (Å²) in [6, 6.07) is 11.5. The van der Waals surface area contributed by atoms with E-state index in [1.54, 1.807) is 18.3 Å². The predicted octanol–water partition coefficient (Wildman–Crippen LogP) is 1.73. The standard InChI is InChI=1S/C15H18BNO2/c1-15(2,3)12-6-4-11(5-7-12)14-10-13(16(18)19)8-9-17-14/h4-10,18-19H,1-3H3. The van der Waals surface area contributed by atoms with Gasteiger partial charge in [-0.05, 0) is 28.6 Å². The van der Waals surface area contributed by atoms with Gasteiger partial charge in [0.25, 0.3) is 0 Å². The van der Waals surface area contributed by atoms with Crippen LogP contribution in [0.3, 0.4) is 0 Å². The number of benzene rings is 1. The molecule has 1 aromatic carbocycles. The zero-order valence-corrected chi connectivity index (χ0v) is 11.5. The molecule has 1 aromatic heterocycles. The van der Waals surface area contributed by atoms with Gasteiger partial charge in [-0.2, -0.15) is 0 Å². The van der Waals surface area contributed by atoms with Crippen molar-refractivity contribution in [3.63, 3.8) is 0 Å². The summed E-state index contributed by atoms with van der Waals surface area (Å²) in [6.07, 6.45) is 1.59. The Morgan fingerprint density at radius 1 is 1.00 bits per heavy atom. The summed E-state index contributed by atoms with van der Waals surface area (Å²) in [5.74, 6) is 0. The average Bonchev–Trinajstić information content (AvgIpc) is 2.38. The van der Waals surface area contributed by atoms with Gasteiger partial charge in [0.05, 0.1) is 5.69 Å². The molecule has 1 heterocycles. The van der Waals surface area contributed by atoms with Crippen LogP contribution in [0.5, 0.6) is 0 Å². The number of aromatic nitrogens is 1. The Labute approximate surface area is 114 Å². The summed E-state index contributed by atoms with van der Waals surface area (Å²) < 4.78 is 0. The fourth-order valence-electron chi connectivity index (χ4n) is 1.91. The SMILES string of the molecule is CC(C)(C)c1ccc(-c2cc(B(O)O)ccn2)cc1. The van der Waals surface area contributed by atoms with Gasteiger partial charge in [-0.1, -0.05) is 45.0 Å². The maximum atomic E-state index is 9.17. The zero-order valence-electron chi connectivity index (χ0n) is 11.5. The molecule has 2 aromatic rings. The molecule has 2 rings (SSSR count). The minimum atomic E-state index is -1.46. The van der Waals surface area contributed by atoms with E-state index in [0.29, 0.717) is 5.46 Å². The summed E-state index contributed by atoms with van der Waals surface area (Å²) in [6.45, 7) is 6.51. The quantitative estimate of drug-likeness (QED) is 0.803. The molecule has 0 atom stereocenters. The highest BCUT2D eigenvalue weighted by molar-refractivity contribution is 6.58. The Morgan fingerprint density at radius 3 is 2.16 bits per heavy atom. The van der Waals surface area contributed by atoms with Crippen LogP contribution in [0, 0.1) is 0 Å². The van der Waals surface area contributed by atoms with Gasteiger partial charge < -0.3 is 10.0 Å². The van der Waals surface area contributed by atoms with E-state index in [0.717, 1.165) is 11.3 Å². The van der Waals surface area contributed by atoms with Crippen LogP contribution >= 0.6 is 0 Å². The van der Waals surface area contributed by atoms with Crippen LogP contribution in [-0.2, 0) is 5.41 Å². The number of hydrogen-bond donors (Lipinski definition) is 2. The summed E-state index contributed by atoms with van der Waals surface area (Å²) >= 11 is 0. The lowest BCUT2D eigenvalue weighted by molar-refractivity contribution is 0.425. The molecular formula is C15H18BNO2. The molecule has 98 valence electrons. The highest BCUT2D eigenvalue weighted by Gasteiger charge is 2.14. The lowest BCUT2D eigenvalue weighted by atomic mass is 9.80. The first-order valence-electron chi connectivity index (χ1n) is 6.31. The third-order valence-corrected chi connectivity index (χ3v) is 3.13. The van der Waals surface area contributed by atoms with Crippen molar-refractivity contribution in [2.45, 2.75) is 26.2 Å². The summed E-state index contributed by atoms with van der Waals surface area (Å²) in [4.78, 5) is 4.26. The Morgan fingerprint density at radius 2 is 1.63 bits per heavy atom. The van der Waals surface area contributed by atoms with Crippen molar-refractivity contribution in [1.82, 2.24) is 4.98 Å². The van der Waals surface area contributed by atoms with Crippen molar-refractivity contribution in [2.24, 2.45) is 0 Å². The largest absolute Gasteiger partial charge is 0.488 e. The van der Waals surface area contributed by atoms with E-state index >= 15 is 0 Å². The molecule has 4 heteroatoms. The van der Waals surface area contributed by atoms with Gasteiger partial charge in [0.1, 0.15) is 0 Å². The van der Waals surface area contributed by atoms with Crippen LogP contribution in [0.15, 0.2) is 42.6 Å². The minimum Gasteiger partial charge on any atom is -0.423 e. The first-order chi connectivity index (χ1) is 8.88. The maximum absolute atomic E-state index is 9.17. The second-order valence-electron chi connectivity index (χ2n) is 5.68. The van der Waals surface area contributed by atoms with Gasteiger partial charge in [-0.25, -0.2) is 0 Å². The van der Waals surface area contributed by atoms with Crippen molar-refractivity contribution < 1.29 is 10.0 Å². The van der Waals surface area contributed by atoms with E-state index in [1.165, 1.54) is 5.56 Å². The van der Waals surface area contributed by atoms with Gasteiger partial charge in [0, 0.05) is 11.8 Å². The number of nitrogens with zero attached hydrogens (tertiary/aromatic N) is 1. The molecule has 0 aliphatic rings. The van der Waals surface area contributed by atoms with Gasteiger partial charge >= 0.3 is 7.12 Å². The van der Waals surface area contributed by atoms with Gasteiger partial charge in [-0.3, -0.25) is 4.98 Å². The van der Waals surface area contributed by atoms with Crippen LogP contribution in [0.1, 0.15) is 26.3 Å². The van der Waals surface area contributed by atoms with Crippen molar-refractivity contribution in [3.8, 4) is 11.3 Å². The van der Waals surface area contributed by atoms with Crippen LogP contribution in [0.25, 0.3) is 11.3 Å². The molecule has 0 aliphatic carbocycles. The molecule has 0 aliphatic heterocycles. The number of hydrogen-bond acceptors (Lipinski definition) is 3. The molecule has 0 fully saturated rings. The van der Waals surface area contributed by atoms with Gasteiger partial charge in [-0.15, -0.1) is 0 Å². The van der Waals surface area contributed by atoms with E-state index in [-0.39, 0.29) is 5.41 Å². The second-order valence-corrected chi connectivity index (χ2v) is 5.68. The van der Waals surface area contributed by atoms with Crippen LogP contribution < -0.4 is 5.46 Å². The highest BCUT2D eigenvalue weighted by atomic mass is 16.4. The number of pyridine rings is 1. The second kappa shape index (κ2) is 5.15. The lowest BCUT2D eigenvalue weighted by Crippen LogP contribution is -2.29. The molecule has 0 saturated heterocycles. The van der Waals surface area contributed by atoms with Crippen molar-refractivity contribution in [2.75, 3.05) is 0 Å². The zero-order chi connectivity index (χ0) is 14.0. The third kappa shape index (κ3) is 3.22. The Balaban J connectivity index is 2.35. The molecular weight excluding hydrogens is 237 g/mol. The smallest absolute Gasteiger partial charge is 0.423 e. The maximum Gasteiger partial charge on any atom is 0.488 e. The number of rotatable bonds is 2. The normalized spacial score (nSPS) is 11.4. The Hall–Kier alpha value is -1.65. The molecule has 0 unspecified atom stereocenters. The van der Waals surface area contributed by atoms with E-state index < -0.39 is 7.12 Å². The fraction of sp³-hybridized carbons (Fsp3) is 0.267. The summed E-state index contributed by atoms with van der Waals surface area (Å²) in [5, 5.41) is 18.3. The van der Waals surface area contributed by atoms with Crippen molar-refractivity contribution >= 4 is 12.6 Å². The lowest BCUT2D eigenvalue weighted by Gasteiger charge is -2.19. The molecule has 0 saturated carbocycles. The van der Waals surface area contributed by atoms with Crippen molar-refractivity contribution in [3.05, 3.63) is 48.2 Å². The predicted molar refractivity (Wildman–Crippen MR) is 78.2 cm³/mol. The fourth-order valence-corrected chi connectivity index (χ4v) is 1.91. The highest BCUT2D eigenvalue weighted by Crippen LogP contribution is 2.24. The molecule has 0 amide bonds. The van der Waals surface area contributed by atoms with Gasteiger partial charge in [0.15, 0.2) is 0 Å². The van der Waals surface area contributed by atoms with Crippen LogP contribution in [0.2, 0.25) is 0 Å². The average molecular weight is 255 g/mol. The molecule has 2 N–H and O–H groups in total. The first kappa shape index (κ1) is 13.8.